The van der Waals surface area contributed by atoms with Crippen LogP contribution in [0.4, 0.5) is 0 Å². The van der Waals surface area contributed by atoms with Gasteiger partial charge in [0.25, 0.3) is 0 Å². The minimum Gasteiger partial charge on any atom is -0.355 e. The number of aryl methyl sites for hydroxylation is 1. The van der Waals surface area contributed by atoms with Crippen LogP contribution in [0.1, 0.15) is 12.7 Å². The number of nitrogens with one attached hydrogen (secondary N) is 2. The zero-order chi connectivity index (χ0) is 12.3. The quantitative estimate of drug-likeness (QED) is 0.728. The highest BCUT2D eigenvalue weighted by Gasteiger charge is 2.29. The van der Waals surface area contributed by atoms with Gasteiger partial charge in [0.15, 0.2) is 0 Å². The van der Waals surface area contributed by atoms with Crippen LogP contribution in [0.2, 0.25) is 0 Å². The first-order valence-corrected chi connectivity index (χ1v) is 6.00. The summed E-state index contributed by atoms with van der Waals surface area (Å²) in [6, 6.07) is 0. The van der Waals surface area contributed by atoms with Gasteiger partial charge in [-0.2, -0.15) is 0 Å². The highest BCUT2D eigenvalue weighted by atomic mass is 16.1. The summed E-state index contributed by atoms with van der Waals surface area (Å²) in [5, 5.41) is 14.0. The van der Waals surface area contributed by atoms with Crippen molar-refractivity contribution in [2.75, 3.05) is 19.6 Å². The van der Waals surface area contributed by atoms with Crippen LogP contribution in [0.3, 0.4) is 0 Å². The summed E-state index contributed by atoms with van der Waals surface area (Å²) >= 11 is 0. The van der Waals surface area contributed by atoms with Gasteiger partial charge in [-0.25, -0.2) is 0 Å². The molecule has 2 heterocycles. The molecular weight excluding hydrogens is 218 g/mol. The first-order chi connectivity index (χ1) is 8.18. The Hall–Kier alpha value is -1.43. The highest BCUT2D eigenvalue weighted by molar-refractivity contribution is 5.79. The van der Waals surface area contributed by atoms with Gasteiger partial charge in [-0.1, -0.05) is 6.92 Å². The van der Waals surface area contributed by atoms with Gasteiger partial charge in [-0.05, 0) is 12.5 Å². The second kappa shape index (κ2) is 5.27. The molecule has 1 aliphatic heterocycles. The summed E-state index contributed by atoms with van der Waals surface area (Å²) in [6.45, 7) is 4.44. The van der Waals surface area contributed by atoms with E-state index in [4.69, 9.17) is 0 Å². The largest absolute Gasteiger partial charge is 0.355 e. The monoisotopic (exact) mass is 237 g/mol. The normalized spacial score (nSPS) is 23.9. The Morgan fingerprint density at radius 1 is 1.65 bits per heavy atom. The molecule has 1 aliphatic rings. The average molecular weight is 237 g/mol. The molecule has 2 atom stereocenters. The number of hydrogen-bond acceptors (Lipinski definition) is 4. The predicted octanol–water partition coefficient (Wildman–Crippen LogP) is -0.671. The Balaban J connectivity index is 1.75. The molecule has 6 heteroatoms. The first-order valence-electron chi connectivity index (χ1n) is 6.00. The van der Waals surface area contributed by atoms with Crippen molar-refractivity contribution in [3.63, 3.8) is 0 Å². The number of hydrogen-bond donors (Lipinski definition) is 2. The van der Waals surface area contributed by atoms with E-state index in [9.17, 15) is 4.79 Å². The lowest BCUT2D eigenvalue weighted by atomic mass is 9.97. The summed E-state index contributed by atoms with van der Waals surface area (Å²) < 4.78 is 1.87. The fraction of sp³-hybridized carbons (Fsp3) is 0.727. The van der Waals surface area contributed by atoms with E-state index in [1.807, 2.05) is 11.6 Å². The fourth-order valence-electron chi connectivity index (χ4n) is 2.12. The summed E-state index contributed by atoms with van der Waals surface area (Å²) in [5.74, 6) is 1.56. The summed E-state index contributed by atoms with van der Waals surface area (Å²) in [5.41, 5.74) is 0. The van der Waals surface area contributed by atoms with Crippen LogP contribution in [0.25, 0.3) is 0 Å². The highest BCUT2D eigenvalue weighted by Crippen LogP contribution is 2.15. The number of nitrogens with zero attached hydrogens (tertiary/aromatic N) is 3. The van der Waals surface area contributed by atoms with Crippen LogP contribution < -0.4 is 10.6 Å². The van der Waals surface area contributed by atoms with Gasteiger partial charge >= 0.3 is 0 Å². The van der Waals surface area contributed by atoms with Crippen molar-refractivity contribution < 1.29 is 4.79 Å². The topological polar surface area (TPSA) is 71.8 Å². The molecule has 17 heavy (non-hydrogen) atoms. The van der Waals surface area contributed by atoms with E-state index in [0.29, 0.717) is 12.5 Å². The second-order valence-corrected chi connectivity index (χ2v) is 4.64. The van der Waals surface area contributed by atoms with Crippen molar-refractivity contribution in [2.45, 2.75) is 13.3 Å². The first kappa shape index (κ1) is 12.0. The molecule has 94 valence electrons. The van der Waals surface area contributed by atoms with E-state index >= 15 is 0 Å². The van der Waals surface area contributed by atoms with E-state index in [-0.39, 0.29) is 11.8 Å². The molecule has 1 aromatic heterocycles. The Kier molecular flexibility index (Phi) is 3.73. The average Bonchev–Trinajstić information content (AvgIpc) is 2.88. The lowest BCUT2D eigenvalue weighted by Gasteiger charge is -2.13. The predicted molar refractivity (Wildman–Crippen MR) is 63.2 cm³/mol. The van der Waals surface area contributed by atoms with Crippen LogP contribution in [0.5, 0.6) is 0 Å². The van der Waals surface area contributed by atoms with E-state index in [0.717, 1.165) is 25.3 Å². The molecule has 0 unspecified atom stereocenters. The van der Waals surface area contributed by atoms with Gasteiger partial charge in [0.1, 0.15) is 12.2 Å². The number of carbonyl (C=O) groups is 1. The van der Waals surface area contributed by atoms with Crippen molar-refractivity contribution in [3.8, 4) is 0 Å². The zero-order valence-corrected chi connectivity index (χ0v) is 10.3. The Morgan fingerprint density at radius 2 is 2.47 bits per heavy atom. The van der Waals surface area contributed by atoms with E-state index < -0.39 is 0 Å². The van der Waals surface area contributed by atoms with Crippen molar-refractivity contribution >= 4 is 5.91 Å². The van der Waals surface area contributed by atoms with Crippen molar-refractivity contribution in [3.05, 3.63) is 12.2 Å². The molecule has 0 radical (unpaired) electrons. The molecule has 6 nitrogen and oxygen atoms in total. The molecule has 0 spiro atoms. The van der Waals surface area contributed by atoms with E-state index in [2.05, 4.69) is 27.8 Å². The maximum absolute atomic E-state index is 11.9. The molecular formula is C11H19N5O. The Labute approximate surface area is 101 Å². The van der Waals surface area contributed by atoms with Gasteiger partial charge in [0.05, 0.1) is 5.92 Å². The SMILES string of the molecule is C[C@@H]1CNC[C@H]1C(=O)NCCc1nncn1C. The van der Waals surface area contributed by atoms with Gasteiger partial charge < -0.3 is 15.2 Å². The molecule has 0 bridgehead atoms. The fourth-order valence-corrected chi connectivity index (χ4v) is 2.12. The minimum atomic E-state index is 0.106. The van der Waals surface area contributed by atoms with Gasteiger partial charge in [0.2, 0.25) is 5.91 Å². The third-order valence-corrected chi connectivity index (χ3v) is 3.31. The van der Waals surface area contributed by atoms with Crippen molar-refractivity contribution in [1.82, 2.24) is 25.4 Å². The van der Waals surface area contributed by atoms with Gasteiger partial charge in [-0.15, -0.1) is 10.2 Å². The van der Waals surface area contributed by atoms with E-state index in [1.165, 1.54) is 0 Å². The summed E-state index contributed by atoms with van der Waals surface area (Å²) in [6.07, 6.45) is 2.39. The van der Waals surface area contributed by atoms with E-state index in [1.54, 1.807) is 6.33 Å². The molecule has 0 aromatic carbocycles. The van der Waals surface area contributed by atoms with Crippen LogP contribution in [-0.4, -0.2) is 40.3 Å². The molecule has 0 saturated carbocycles. The Bertz CT molecular complexity index is 389. The number of rotatable bonds is 4. The molecule has 1 aromatic rings. The van der Waals surface area contributed by atoms with Gasteiger partial charge in [0, 0.05) is 26.6 Å². The zero-order valence-electron chi connectivity index (χ0n) is 10.3. The number of amides is 1. The minimum absolute atomic E-state index is 0.106. The summed E-state index contributed by atoms with van der Waals surface area (Å²) in [4.78, 5) is 11.9. The van der Waals surface area contributed by atoms with Crippen LogP contribution in [-0.2, 0) is 18.3 Å². The third-order valence-electron chi connectivity index (χ3n) is 3.31. The van der Waals surface area contributed by atoms with Crippen molar-refractivity contribution in [1.29, 1.82) is 0 Å². The lowest BCUT2D eigenvalue weighted by molar-refractivity contribution is -0.125. The lowest BCUT2D eigenvalue weighted by Crippen LogP contribution is -2.35. The molecule has 1 amide bonds. The molecule has 1 saturated heterocycles. The smallest absolute Gasteiger partial charge is 0.224 e. The van der Waals surface area contributed by atoms with Crippen LogP contribution in [0, 0.1) is 11.8 Å². The molecule has 2 N–H and O–H groups in total. The Morgan fingerprint density at radius 3 is 3.06 bits per heavy atom. The van der Waals surface area contributed by atoms with Gasteiger partial charge in [-0.3, -0.25) is 4.79 Å². The molecule has 1 fully saturated rings. The summed E-state index contributed by atoms with van der Waals surface area (Å²) in [7, 11) is 1.90. The number of carbonyl (C=O) groups excluding carboxylic acids is 1. The molecule has 2 rings (SSSR count). The molecule has 0 aliphatic carbocycles. The van der Waals surface area contributed by atoms with Crippen LogP contribution >= 0.6 is 0 Å². The standard InChI is InChI=1S/C11H19N5O/c1-8-5-12-6-9(8)11(17)13-4-3-10-15-14-7-16(10)2/h7-9,12H,3-6H2,1-2H3,(H,13,17)/t8-,9-/m1/s1. The maximum Gasteiger partial charge on any atom is 0.224 e. The maximum atomic E-state index is 11.9. The second-order valence-electron chi connectivity index (χ2n) is 4.64. The van der Waals surface area contributed by atoms with Crippen LogP contribution in [0.15, 0.2) is 6.33 Å². The third kappa shape index (κ3) is 2.82. The number of aromatic nitrogens is 3. The van der Waals surface area contributed by atoms with Crippen molar-refractivity contribution in [2.24, 2.45) is 18.9 Å².